The number of hydrogen-bond acceptors (Lipinski definition) is 3. The molecule has 0 radical (unpaired) electrons. The van der Waals surface area contributed by atoms with Crippen LogP contribution < -0.4 is 5.32 Å². The molecular weight excluding hydrogens is 206 g/mol. The van der Waals surface area contributed by atoms with Gasteiger partial charge >= 0.3 is 5.97 Å². The fourth-order valence-corrected chi connectivity index (χ4v) is 1.06. The molecule has 16 heavy (non-hydrogen) atoms. The van der Waals surface area contributed by atoms with E-state index in [1.54, 1.807) is 0 Å². The SMILES string of the molecule is COC(=O)CCNC(=O)C[C@H](C)C(C)(C)C. The maximum Gasteiger partial charge on any atom is 0.307 e. The predicted octanol–water partition coefficient (Wildman–Crippen LogP) is 1.74. The molecule has 0 saturated heterocycles. The van der Waals surface area contributed by atoms with Crippen LogP contribution in [0.3, 0.4) is 0 Å². The number of carbonyl (C=O) groups is 2. The summed E-state index contributed by atoms with van der Waals surface area (Å²) < 4.78 is 4.48. The van der Waals surface area contributed by atoms with Crippen LogP contribution in [0.25, 0.3) is 0 Å². The van der Waals surface area contributed by atoms with Gasteiger partial charge in [0, 0.05) is 13.0 Å². The van der Waals surface area contributed by atoms with Crippen LogP contribution in [0, 0.1) is 11.3 Å². The highest BCUT2D eigenvalue weighted by atomic mass is 16.5. The molecular formula is C12H23NO3. The molecule has 0 aliphatic rings. The third-order valence-electron chi connectivity index (χ3n) is 2.85. The molecule has 1 amide bonds. The van der Waals surface area contributed by atoms with Crippen LogP contribution in [0.5, 0.6) is 0 Å². The number of esters is 1. The minimum Gasteiger partial charge on any atom is -0.469 e. The number of hydrogen-bond donors (Lipinski definition) is 1. The van der Waals surface area contributed by atoms with Crippen LogP contribution in [0.15, 0.2) is 0 Å². The number of amides is 1. The van der Waals surface area contributed by atoms with E-state index in [9.17, 15) is 9.59 Å². The second kappa shape index (κ2) is 6.51. The van der Waals surface area contributed by atoms with Crippen LogP contribution in [-0.2, 0) is 14.3 Å². The lowest BCUT2D eigenvalue weighted by Crippen LogP contribution is -2.30. The highest BCUT2D eigenvalue weighted by Crippen LogP contribution is 2.27. The number of nitrogens with one attached hydrogen (secondary N) is 1. The predicted molar refractivity (Wildman–Crippen MR) is 62.9 cm³/mol. The summed E-state index contributed by atoms with van der Waals surface area (Å²) in [5.74, 6) is 0.00104. The summed E-state index contributed by atoms with van der Waals surface area (Å²) in [6.07, 6.45) is 0.719. The fourth-order valence-electron chi connectivity index (χ4n) is 1.06. The molecule has 0 aliphatic carbocycles. The van der Waals surface area contributed by atoms with Crippen molar-refractivity contribution in [3.63, 3.8) is 0 Å². The van der Waals surface area contributed by atoms with Gasteiger partial charge in [-0.2, -0.15) is 0 Å². The Hall–Kier alpha value is -1.06. The standard InChI is InChI=1S/C12H23NO3/c1-9(12(2,3)4)8-10(14)13-7-6-11(15)16-5/h9H,6-8H2,1-5H3,(H,13,14)/t9-/m0/s1. The molecule has 4 nitrogen and oxygen atoms in total. The van der Waals surface area contributed by atoms with Crippen molar-refractivity contribution in [3.05, 3.63) is 0 Å². The van der Waals surface area contributed by atoms with E-state index in [2.05, 4.69) is 37.7 Å². The van der Waals surface area contributed by atoms with E-state index >= 15 is 0 Å². The lowest BCUT2D eigenvalue weighted by atomic mass is 9.80. The van der Waals surface area contributed by atoms with Gasteiger partial charge in [-0.1, -0.05) is 27.7 Å². The van der Waals surface area contributed by atoms with Gasteiger partial charge in [0.05, 0.1) is 13.5 Å². The highest BCUT2D eigenvalue weighted by molar-refractivity contribution is 5.77. The van der Waals surface area contributed by atoms with E-state index in [-0.39, 0.29) is 23.7 Å². The molecule has 0 aromatic heterocycles. The largest absolute Gasteiger partial charge is 0.469 e. The molecule has 0 saturated carbocycles. The van der Waals surface area contributed by atoms with Crippen LogP contribution in [0.2, 0.25) is 0 Å². The number of ether oxygens (including phenoxy) is 1. The topological polar surface area (TPSA) is 55.4 Å². The molecule has 0 heterocycles. The lowest BCUT2D eigenvalue weighted by molar-refractivity contribution is -0.140. The summed E-state index contributed by atoms with van der Waals surface area (Å²) in [4.78, 5) is 22.3. The monoisotopic (exact) mass is 229 g/mol. The molecule has 0 fully saturated rings. The first-order chi connectivity index (χ1) is 7.27. The van der Waals surface area contributed by atoms with E-state index < -0.39 is 0 Å². The smallest absolute Gasteiger partial charge is 0.307 e. The lowest BCUT2D eigenvalue weighted by Gasteiger charge is -2.26. The maximum absolute atomic E-state index is 11.5. The Balaban J connectivity index is 3.79. The Morgan fingerprint density at radius 2 is 1.88 bits per heavy atom. The van der Waals surface area contributed by atoms with E-state index in [1.807, 2.05) is 0 Å². The molecule has 0 aromatic carbocycles. The van der Waals surface area contributed by atoms with Gasteiger partial charge in [-0.25, -0.2) is 0 Å². The molecule has 0 rings (SSSR count). The van der Waals surface area contributed by atoms with Crippen molar-refractivity contribution in [1.82, 2.24) is 5.32 Å². The van der Waals surface area contributed by atoms with Crippen molar-refractivity contribution in [2.24, 2.45) is 11.3 Å². The Morgan fingerprint density at radius 1 is 1.31 bits per heavy atom. The first kappa shape index (κ1) is 14.9. The number of methoxy groups -OCH3 is 1. The van der Waals surface area contributed by atoms with Crippen molar-refractivity contribution >= 4 is 11.9 Å². The van der Waals surface area contributed by atoms with E-state index in [1.165, 1.54) is 7.11 Å². The zero-order valence-electron chi connectivity index (χ0n) is 10.9. The molecule has 4 heteroatoms. The average molecular weight is 229 g/mol. The summed E-state index contributed by atoms with van der Waals surface area (Å²) in [5.41, 5.74) is 0.125. The summed E-state index contributed by atoms with van der Waals surface area (Å²) in [7, 11) is 1.34. The van der Waals surface area contributed by atoms with Crippen LogP contribution in [-0.4, -0.2) is 25.5 Å². The summed E-state index contributed by atoms with van der Waals surface area (Å²) in [5, 5.41) is 2.71. The van der Waals surface area contributed by atoms with Crippen molar-refractivity contribution in [3.8, 4) is 0 Å². The molecule has 0 bridgehead atoms. The van der Waals surface area contributed by atoms with Crippen molar-refractivity contribution in [1.29, 1.82) is 0 Å². The third kappa shape index (κ3) is 6.43. The van der Waals surface area contributed by atoms with Gasteiger partial charge < -0.3 is 10.1 Å². The van der Waals surface area contributed by atoms with Crippen molar-refractivity contribution < 1.29 is 14.3 Å². The molecule has 0 unspecified atom stereocenters. The Labute approximate surface area is 97.7 Å². The van der Waals surface area contributed by atoms with Gasteiger partial charge in [0.1, 0.15) is 0 Å². The van der Waals surface area contributed by atoms with Crippen molar-refractivity contribution in [2.45, 2.75) is 40.5 Å². The molecule has 1 N–H and O–H groups in total. The zero-order chi connectivity index (χ0) is 12.8. The van der Waals surface area contributed by atoms with Gasteiger partial charge in [-0.3, -0.25) is 9.59 Å². The van der Waals surface area contributed by atoms with Gasteiger partial charge in [0.2, 0.25) is 5.91 Å². The molecule has 0 spiro atoms. The summed E-state index contributed by atoms with van der Waals surface area (Å²) >= 11 is 0. The normalized spacial score (nSPS) is 13.1. The molecule has 1 atom stereocenters. The fraction of sp³-hybridized carbons (Fsp3) is 0.833. The van der Waals surface area contributed by atoms with E-state index in [4.69, 9.17) is 0 Å². The highest BCUT2D eigenvalue weighted by Gasteiger charge is 2.22. The molecule has 0 aromatic rings. The Kier molecular flexibility index (Phi) is 6.08. The third-order valence-corrected chi connectivity index (χ3v) is 2.85. The zero-order valence-corrected chi connectivity index (χ0v) is 10.9. The molecule has 0 aliphatic heterocycles. The van der Waals surface area contributed by atoms with E-state index in [0.29, 0.717) is 18.9 Å². The first-order valence-corrected chi connectivity index (χ1v) is 5.61. The Bertz CT molecular complexity index is 243. The van der Waals surface area contributed by atoms with Gasteiger partial charge in [0.25, 0.3) is 0 Å². The number of carbonyl (C=O) groups excluding carboxylic acids is 2. The second-order valence-corrected chi connectivity index (χ2v) is 5.15. The van der Waals surface area contributed by atoms with Crippen LogP contribution in [0.1, 0.15) is 40.5 Å². The summed E-state index contributed by atoms with van der Waals surface area (Å²) in [6.45, 7) is 8.74. The maximum atomic E-state index is 11.5. The minimum atomic E-state index is -0.302. The van der Waals surface area contributed by atoms with Crippen LogP contribution >= 0.6 is 0 Å². The Morgan fingerprint density at radius 3 is 2.31 bits per heavy atom. The second-order valence-electron chi connectivity index (χ2n) is 5.15. The summed E-state index contributed by atoms with van der Waals surface area (Å²) in [6, 6.07) is 0. The van der Waals surface area contributed by atoms with Gasteiger partial charge in [-0.15, -0.1) is 0 Å². The van der Waals surface area contributed by atoms with Gasteiger partial charge in [0.15, 0.2) is 0 Å². The first-order valence-electron chi connectivity index (χ1n) is 5.61. The van der Waals surface area contributed by atoms with Crippen LogP contribution in [0.4, 0.5) is 0 Å². The average Bonchev–Trinajstić information content (AvgIpc) is 2.15. The quantitative estimate of drug-likeness (QED) is 0.730. The van der Waals surface area contributed by atoms with Gasteiger partial charge in [-0.05, 0) is 11.3 Å². The minimum absolute atomic E-state index is 0.00803. The number of rotatable bonds is 5. The molecule has 94 valence electrons. The van der Waals surface area contributed by atoms with Crippen molar-refractivity contribution in [2.75, 3.05) is 13.7 Å². The van der Waals surface area contributed by atoms with E-state index in [0.717, 1.165) is 0 Å².